The Morgan fingerprint density at radius 1 is 0.488 bits per heavy atom. The van der Waals surface area contributed by atoms with Crippen molar-refractivity contribution in [3.63, 3.8) is 0 Å². The van der Waals surface area contributed by atoms with E-state index in [-0.39, 0.29) is 5.78 Å². The van der Waals surface area contributed by atoms with Gasteiger partial charge in [0.05, 0.1) is 38.1 Å². The Labute approximate surface area is 292 Å². The summed E-state index contributed by atoms with van der Waals surface area (Å²) in [5.41, 5.74) is 4.90. The average Bonchev–Trinajstić information content (AvgIpc) is 3.74. The Bertz CT molecular complexity index is 1510. The Balaban J connectivity index is 1.18. The van der Waals surface area contributed by atoms with Crippen LogP contribution in [0.1, 0.15) is 27.0 Å². The molecule has 3 aliphatic heterocycles. The zero-order chi connectivity index (χ0) is 28.5. The van der Waals surface area contributed by atoms with Crippen molar-refractivity contribution in [3.05, 3.63) is 109 Å². The van der Waals surface area contributed by atoms with Gasteiger partial charge in [-0.3, -0.25) is 4.79 Å². The van der Waals surface area contributed by atoms with E-state index in [1.165, 1.54) is 43.7 Å². The lowest BCUT2D eigenvalue weighted by Gasteiger charge is -2.23. The van der Waals surface area contributed by atoms with Crippen molar-refractivity contribution < 1.29 is 4.79 Å². The van der Waals surface area contributed by atoms with E-state index in [1.807, 2.05) is 178 Å². The monoisotopic (exact) mass is 758 g/mol. The van der Waals surface area contributed by atoms with Gasteiger partial charge in [-0.1, -0.05) is 119 Å². The molecule has 41 heavy (non-hydrogen) atoms. The minimum absolute atomic E-state index is 0.122. The van der Waals surface area contributed by atoms with Crippen LogP contribution in [0, 0.1) is 0 Å². The summed E-state index contributed by atoms with van der Waals surface area (Å²) in [6.45, 7) is 0. The Hall–Kier alpha value is 1.01. The summed E-state index contributed by atoms with van der Waals surface area (Å²) >= 11 is 22.8. The van der Waals surface area contributed by atoms with Crippen molar-refractivity contribution in [2.45, 2.75) is 0 Å². The van der Waals surface area contributed by atoms with Crippen LogP contribution in [0.3, 0.4) is 0 Å². The fraction of sp³-hybridized carbons (Fsp3) is 0.179. The summed E-state index contributed by atoms with van der Waals surface area (Å²) in [4.78, 5) is 13.3. The van der Waals surface area contributed by atoms with Crippen LogP contribution in [-0.4, -0.2) is 35.9 Å². The van der Waals surface area contributed by atoms with Crippen molar-refractivity contribution in [3.8, 4) is 0 Å². The molecule has 0 spiro atoms. The number of hydrogen-bond donors (Lipinski definition) is 0. The van der Waals surface area contributed by atoms with Gasteiger partial charge in [0, 0.05) is 21.8 Å². The molecule has 2 aromatic carbocycles. The van der Waals surface area contributed by atoms with Crippen LogP contribution in [0.2, 0.25) is 0 Å². The van der Waals surface area contributed by atoms with Crippen LogP contribution in [0.15, 0.2) is 86.7 Å². The van der Waals surface area contributed by atoms with Gasteiger partial charge < -0.3 is 0 Å². The molecule has 0 unspecified atom stereocenters. The highest BCUT2D eigenvalue weighted by Crippen LogP contribution is 2.66. The van der Waals surface area contributed by atoms with Gasteiger partial charge in [-0.05, 0) is 36.1 Å². The first kappa shape index (κ1) is 32.0. The third kappa shape index (κ3) is 6.63. The fourth-order valence-electron chi connectivity index (χ4n) is 4.21. The maximum atomic E-state index is 13.3. The second-order valence-corrected chi connectivity index (χ2v) is 22.3. The predicted octanol–water partition coefficient (Wildman–Crippen LogP) is 12.8. The fourth-order valence-corrected chi connectivity index (χ4v) is 21.0. The Morgan fingerprint density at radius 3 is 1.27 bits per heavy atom. The third-order valence-electron chi connectivity index (χ3n) is 5.99. The van der Waals surface area contributed by atoms with Crippen molar-refractivity contribution in [1.29, 1.82) is 0 Å². The molecular formula is C28H22OS12. The van der Waals surface area contributed by atoms with Crippen molar-refractivity contribution in [2.75, 3.05) is 30.1 Å². The molecule has 2 aromatic rings. The molecule has 1 nitrogen and oxygen atoms in total. The van der Waals surface area contributed by atoms with Gasteiger partial charge in [-0.25, -0.2) is 0 Å². The lowest BCUT2D eigenvalue weighted by molar-refractivity contribution is 0.103. The van der Waals surface area contributed by atoms with Gasteiger partial charge in [0.1, 0.15) is 0 Å². The quantitative estimate of drug-likeness (QED) is 0.203. The minimum atomic E-state index is 0.122. The zero-order valence-corrected chi connectivity index (χ0v) is 31.9. The second kappa shape index (κ2) is 14.6. The number of rotatable bonds is 8. The summed E-state index contributed by atoms with van der Waals surface area (Å²) in [5.74, 6) is 0.122. The smallest absolute Gasteiger partial charge is 0.194 e. The van der Waals surface area contributed by atoms with Crippen LogP contribution < -0.4 is 0 Å². The SMILES string of the molecule is CSC1=C(SC)SC(=C2SC(SC)=C(SCSC3=C(SC)SC(=C4c5ccccc5C(=O)c5ccccc54)S3)S2)S1. The maximum Gasteiger partial charge on any atom is 0.194 e. The predicted molar refractivity (Wildman–Crippen MR) is 210 cm³/mol. The van der Waals surface area contributed by atoms with E-state index in [0.717, 1.165) is 27.3 Å². The van der Waals surface area contributed by atoms with E-state index in [4.69, 9.17) is 0 Å². The molecule has 13 heteroatoms. The van der Waals surface area contributed by atoms with Crippen LogP contribution >= 0.6 is 141 Å². The van der Waals surface area contributed by atoms with Gasteiger partial charge in [0.25, 0.3) is 0 Å². The highest BCUT2D eigenvalue weighted by molar-refractivity contribution is 8.46. The number of carbonyl (C=O) groups is 1. The number of thioether (sulfide) groups is 12. The summed E-state index contributed by atoms with van der Waals surface area (Å²) in [6.07, 6.45) is 8.72. The molecule has 0 N–H and O–H groups in total. The average molecular weight is 759 g/mol. The van der Waals surface area contributed by atoms with E-state index in [0.29, 0.717) is 0 Å². The Morgan fingerprint density at radius 2 is 0.829 bits per heavy atom. The summed E-state index contributed by atoms with van der Waals surface area (Å²) in [7, 11) is 0. The molecule has 0 radical (unpaired) electrons. The number of fused-ring (bicyclic) bond motifs is 2. The summed E-state index contributed by atoms with van der Waals surface area (Å²) < 4.78 is 12.6. The normalized spacial score (nSPS) is 18.9. The van der Waals surface area contributed by atoms with Gasteiger partial charge >= 0.3 is 0 Å². The first-order valence-electron chi connectivity index (χ1n) is 12.0. The van der Waals surface area contributed by atoms with Crippen molar-refractivity contribution >= 4 is 152 Å². The van der Waals surface area contributed by atoms with Crippen molar-refractivity contribution in [2.24, 2.45) is 0 Å². The molecule has 0 bridgehead atoms. The molecule has 0 amide bonds. The van der Waals surface area contributed by atoms with Gasteiger partial charge in [0.15, 0.2) is 5.78 Å². The minimum Gasteiger partial charge on any atom is -0.289 e. The first-order valence-corrected chi connectivity index (χ1v) is 23.8. The molecule has 0 saturated heterocycles. The van der Waals surface area contributed by atoms with Crippen LogP contribution in [0.4, 0.5) is 0 Å². The largest absolute Gasteiger partial charge is 0.289 e. The number of carbonyl (C=O) groups excluding carboxylic acids is 1. The summed E-state index contributed by atoms with van der Waals surface area (Å²) in [6, 6.07) is 16.2. The van der Waals surface area contributed by atoms with E-state index < -0.39 is 0 Å². The zero-order valence-electron chi connectivity index (χ0n) is 22.1. The molecule has 4 aliphatic rings. The van der Waals surface area contributed by atoms with Crippen LogP contribution in [0.5, 0.6) is 0 Å². The molecular weight excluding hydrogens is 737 g/mol. The number of ketones is 1. The molecule has 0 saturated carbocycles. The van der Waals surface area contributed by atoms with E-state index in [9.17, 15) is 4.79 Å². The highest BCUT2D eigenvalue weighted by atomic mass is 32.3. The van der Waals surface area contributed by atoms with Crippen molar-refractivity contribution in [1.82, 2.24) is 0 Å². The molecule has 3 heterocycles. The van der Waals surface area contributed by atoms with Gasteiger partial charge in [-0.15, -0.1) is 70.6 Å². The molecule has 0 fully saturated rings. The van der Waals surface area contributed by atoms with Gasteiger partial charge in [0.2, 0.25) is 0 Å². The van der Waals surface area contributed by atoms with Gasteiger partial charge in [-0.2, -0.15) is 0 Å². The molecule has 6 rings (SSSR count). The Kier molecular flexibility index (Phi) is 11.4. The van der Waals surface area contributed by atoms with E-state index in [1.54, 1.807) is 0 Å². The summed E-state index contributed by atoms with van der Waals surface area (Å²) in [5, 5.41) is 0.974. The lowest BCUT2D eigenvalue weighted by atomic mass is 9.82. The first-order chi connectivity index (χ1) is 20.1. The molecule has 0 atom stereocenters. The lowest BCUT2D eigenvalue weighted by Crippen LogP contribution is -2.14. The van der Waals surface area contributed by atoms with Crippen LogP contribution in [0.25, 0.3) is 5.57 Å². The maximum absolute atomic E-state index is 13.3. The highest BCUT2D eigenvalue weighted by Gasteiger charge is 2.33. The molecule has 1 aliphatic carbocycles. The molecule has 212 valence electrons. The van der Waals surface area contributed by atoms with Crippen LogP contribution in [-0.2, 0) is 0 Å². The van der Waals surface area contributed by atoms with E-state index >= 15 is 0 Å². The second-order valence-electron chi connectivity index (χ2n) is 8.22. The third-order valence-corrected chi connectivity index (χ3v) is 22.6. The number of benzene rings is 2. The topological polar surface area (TPSA) is 17.1 Å². The standard InChI is InChI=1S/C28H22OS12/c1-30-21-22(31-2)39-27(38-21)28-40-24(33-4)26(41-28)35-13-34-25-23(32-3)36-20(37-25)18-14-9-5-7-11-16(14)19(29)17-12-8-6-10-15(17)18/h5-12H,13H2,1-4H3. The van der Waals surface area contributed by atoms with E-state index in [2.05, 4.69) is 37.2 Å². The number of hydrogen-bond acceptors (Lipinski definition) is 13. The molecule has 0 aromatic heterocycles.